The van der Waals surface area contributed by atoms with Crippen molar-refractivity contribution in [3.8, 4) is 12.0 Å². The van der Waals surface area contributed by atoms with Crippen molar-refractivity contribution in [3.63, 3.8) is 0 Å². The number of fused-ring (bicyclic) bond motifs is 1. The zero-order valence-electron chi connectivity index (χ0n) is 16.1. The zero-order chi connectivity index (χ0) is 20.6. The van der Waals surface area contributed by atoms with Crippen molar-refractivity contribution in [2.75, 3.05) is 18.9 Å². The van der Waals surface area contributed by atoms with Crippen molar-refractivity contribution in [2.24, 2.45) is 0 Å². The standard InChI is InChI=1S/C19H22N6O4/c1-3-5-10-27-17-23-15(20)14-16(24-17)25(12-13-7-6-8-21-11-13)18(22-14)29-19(26)28-9-4-2/h4,6-8,11H,2-3,5,9-10,12H2,1H3,(H2,20,23,24). The number of imidazole rings is 1. The fraction of sp³-hybridized carbons (Fsp3) is 0.316. The van der Waals surface area contributed by atoms with Crippen molar-refractivity contribution >= 4 is 23.1 Å². The molecule has 10 nitrogen and oxygen atoms in total. The fourth-order valence-corrected chi connectivity index (χ4v) is 2.48. The van der Waals surface area contributed by atoms with Gasteiger partial charge in [-0.2, -0.15) is 15.0 Å². The second kappa shape index (κ2) is 9.49. The molecule has 3 aromatic rings. The van der Waals surface area contributed by atoms with Crippen molar-refractivity contribution in [3.05, 3.63) is 42.7 Å². The molecule has 0 aromatic carbocycles. The third-order valence-corrected chi connectivity index (χ3v) is 3.85. The average molecular weight is 398 g/mol. The molecule has 0 unspecified atom stereocenters. The molecule has 0 bridgehead atoms. The molecule has 3 heterocycles. The van der Waals surface area contributed by atoms with Crippen LogP contribution in [0.3, 0.4) is 0 Å². The van der Waals surface area contributed by atoms with E-state index in [-0.39, 0.29) is 24.4 Å². The normalized spacial score (nSPS) is 10.7. The SMILES string of the molecule is C=CCOC(=O)Oc1nc2c(N)nc(OCCCC)nc2n1Cc1cccnc1. The molecule has 3 aromatic heterocycles. The molecule has 0 spiro atoms. The van der Waals surface area contributed by atoms with Crippen LogP contribution in [-0.2, 0) is 11.3 Å². The molecule has 0 amide bonds. The molecule has 3 rings (SSSR count). The number of nitrogens with two attached hydrogens (primary N) is 1. The number of unbranched alkanes of at least 4 members (excludes halogenated alkanes) is 1. The van der Waals surface area contributed by atoms with Gasteiger partial charge in [0.2, 0.25) is 0 Å². The summed E-state index contributed by atoms with van der Waals surface area (Å²) >= 11 is 0. The van der Waals surface area contributed by atoms with Crippen LogP contribution in [0.5, 0.6) is 12.0 Å². The van der Waals surface area contributed by atoms with E-state index in [1.54, 1.807) is 23.0 Å². The third kappa shape index (κ3) is 4.98. The van der Waals surface area contributed by atoms with Crippen LogP contribution in [0.4, 0.5) is 10.6 Å². The molecule has 0 aliphatic rings. The summed E-state index contributed by atoms with van der Waals surface area (Å²) in [4.78, 5) is 28.9. The van der Waals surface area contributed by atoms with E-state index in [9.17, 15) is 4.79 Å². The lowest BCUT2D eigenvalue weighted by molar-refractivity contribution is 0.105. The van der Waals surface area contributed by atoms with Gasteiger partial charge in [-0.25, -0.2) is 4.79 Å². The first-order valence-corrected chi connectivity index (χ1v) is 9.13. The Kier molecular flexibility index (Phi) is 6.56. The molecule has 29 heavy (non-hydrogen) atoms. The van der Waals surface area contributed by atoms with Crippen molar-refractivity contribution in [1.29, 1.82) is 0 Å². The Morgan fingerprint density at radius 3 is 2.93 bits per heavy atom. The molecule has 2 N–H and O–H groups in total. The topological polar surface area (TPSA) is 127 Å². The van der Waals surface area contributed by atoms with Crippen molar-refractivity contribution in [1.82, 2.24) is 24.5 Å². The number of nitrogens with zero attached hydrogens (tertiary/aromatic N) is 5. The number of pyridine rings is 1. The third-order valence-electron chi connectivity index (χ3n) is 3.85. The molecule has 0 aliphatic carbocycles. The number of carbonyl (C=O) groups is 1. The summed E-state index contributed by atoms with van der Waals surface area (Å²) in [6.07, 6.45) is 5.71. The summed E-state index contributed by atoms with van der Waals surface area (Å²) in [6.45, 7) is 6.32. The highest BCUT2D eigenvalue weighted by Crippen LogP contribution is 2.26. The summed E-state index contributed by atoms with van der Waals surface area (Å²) in [5.41, 5.74) is 7.56. The number of ether oxygens (including phenoxy) is 3. The molecule has 152 valence electrons. The van der Waals surface area contributed by atoms with Gasteiger partial charge in [-0.3, -0.25) is 9.55 Å². The van der Waals surface area contributed by atoms with E-state index in [1.807, 2.05) is 6.07 Å². The molecule has 0 atom stereocenters. The van der Waals surface area contributed by atoms with E-state index < -0.39 is 6.16 Å². The number of hydrogen-bond acceptors (Lipinski definition) is 9. The van der Waals surface area contributed by atoms with Gasteiger partial charge in [-0.05, 0) is 18.1 Å². The Labute approximate surface area is 167 Å². The summed E-state index contributed by atoms with van der Waals surface area (Å²) < 4.78 is 17.3. The number of hydrogen-bond donors (Lipinski definition) is 1. The minimum absolute atomic E-state index is 0.0129. The lowest BCUT2D eigenvalue weighted by atomic mass is 10.3. The Morgan fingerprint density at radius 1 is 1.34 bits per heavy atom. The van der Waals surface area contributed by atoms with Gasteiger partial charge in [0.05, 0.1) is 13.2 Å². The summed E-state index contributed by atoms with van der Waals surface area (Å²) in [7, 11) is 0. The lowest BCUT2D eigenvalue weighted by Crippen LogP contribution is -2.14. The molecule has 0 saturated heterocycles. The van der Waals surface area contributed by atoms with Gasteiger partial charge < -0.3 is 19.9 Å². The number of anilines is 1. The maximum atomic E-state index is 11.9. The predicted octanol–water partition coefficient (Wildman–Crippen LogP) is 2.73. The minimum Gasteiger partial charge on any atom is -0.463 e. The Morgan fingerprint density at radius 2 is 2.21 bits per heavy atom. The van der Waals surface area contributed by atoms with Crippen LogP contribution in [0.15, 0.2) is 37.2 Å². The Balaban J connectivity index is 2.00. The van der Waals surface area contributed by atoms with Crippen LogP contribution < -0.4 is 15.2 Å². The highest BCUT2D eigenvalue weighted by Gasteiger charge is 2.21. The van der Waals surface area contributed by atoms with Crippen molar-refractivity contribution < 1.29 is 19.0 Å². The van der Waals surface area contributed by atoms with Crippen LogP contribution >= 0.6 is 0 Å². The lowest BCUT2D eigenvalue weighted by Gasteiger charge is -2.09. The maximum absolute atomic E-state index is 11.9. The largest absolute Gasteiger partial charge is 0.516 e. The Hall–Kier alpha value is -3.69. The van der Waals surface area contributed by atoms with E-state index in [2.05, 4.69) is 33.4 Å². The van der Waals surface area contributed by atoms with E-state index >= 15 is 0 Å². The molecule has 0 saturated carbocycles. The van der Waals surface area contributed by atoms with Crippen LogP contribution in [-0.4, -0.2) is 43.9 Å². The number of rotatable bonds is 9. The number of aromatic nitrogens is 5. The maximum Gasteiger partial charge on any atom is 0.516 e. The highest BCUT2D eigenvalue weighted by atomic mass is 16.7. The molecular weight excluding hydrogens is 376 g/mol. The first-order valence-electron chi connectivity index (χ1n) is 9.13. The van der Waals surface area contributed by atoms with Gasteiger partial charge >= 0.3 is 18.2 Å². The monoisotopic (exact) mass is 398 g/mol. The van der Waals surface area contributed by atoms with Gasteiger partial charge in [0.1, 0.15) is 6.61 Å². The fourth-order valence-electron chi connectivity index (χ4n) is 2.48. The molecule has 0 fully saturated rings. The van der Waals surface area contributed by atoms with E-state index in [0.29, 0.717) is 24.3 Å². The van der Waals surface area contributed by atoms with E-state index in [4.69, 9.17) is 19.9 Å². The first kappa shape index (κ1) is 20.1. The summed E-state index contributed by atoms with van der Waals surface area (Å²) in [5, 5.41) is 0. The molecule has 10 heteroatoms. The minimum atomic E-state index is -0.918. The zero-order valence-corrected chi connectivity index (χ0v) is 16.1. The van der Waals surface area contributed by atoms with Crippen LogP contribution in [0.25, 0.3) is 11.2 Å². The van der Waals surface area contributed by atoms with Gasteiger partial charge in [-0.15, -0.1) is 0 Å². The van der Waals surface area contributed by atoms with E-state index in [0.717, 1.165) is 18.4 Å². The van der Waals surface area contributed by atoms with Crippen LogP contribution in [0.1, 0.15) is 25.3 Å². The smallest absolute Gasteiger partial charge is 0.463 e. The van der Waals surface area contributed by atoms with Crippen LogP contribution in [0, 0.1) is 0 Å². The van der Waals surface area contributed by atoms with Crippen LogP contribution in [0.2, 0.25) is 0 Å². The van der Waals surface area contributed by atoms with Gasteiger partial charge in [-0.1, -0.05) is 32.1 Å². The molecule has 0 aliphatic heterocycles. The first-order chi connectivity index (χ1) is 14.1. The second-order valence-electron chi connectivity index (χ2n) is 6.06. The number of carbonyl (C=O) groups excluding carboxylic acids is 1. The quantitative estimate of drug-likeness (QED) is 0.329. The summed E-state index contributed by atoms with van der Waals surface area (Å²) in [6, 6.07) is 3.79. The molecular formula is C19H22N6O4. The second-order valence-corrected chi connectivity index (χ2v) is 6.06. The summed E-state index contributed by atoms with van der Waals surface area (Å²) in [5.74, 6) is 0.121. The van der Waals surface area contributed by atoms with Crippen molar-refractivity contribution in [2.45, 2.75) is 26.3 Å². The van der Waals surface area contributed by atoms with Gasteiger partial charge in [0, 0.05) is 12.4 Å². The molecule has 0 radical (unpaired) electrons. The average Bonchev–Trinajstić information content (AvgIpc) is 3.05. The van der Waals surface area contributed by atoms with Gasteiger partial charge in [0.25, 0.3) is 0 Å². The highest BCUT2D eigenvalue weighted by molar-refractivity contribution is 5.83. The number of nitrogen functional groups attached to an aromatic ring is 1. The van der Waals surface area contributed by atoms with E-state index in [1.165, 1.54) is 6.08 Å². The van der Waals surface area contributed by atoms with Gasteiger partial charge in [0.15, 0.2) is 17.0 Å². The Bertz CT molecular complexity index is 989. The predicted molar refractivity (Wildman–Crippen MR) is 106 cm³/mol.